The largest absolute Gasteiger partial charge is 0.493 e. The minimum atomic E-state index is -0.660. The lowest BCUT2D eigenvalue weighted by atomic mass is 10.1. The second kappa shape index (κ2) is 13.2. The normalized spacial score (nSPS) is 11.1. The first-order chi connectivity index (χ1) is 18.1. The van der Waals surface area contributed by atoms with Crippen LogP contribution >= 0.6 is 50.5 Å². The number of esters is 1. The number of methoxy groups -OCH3 is 1. The minimum absolute atomic E-state index is 0.161. The van der Waals surface area contributed by atoms with Gasteiger partial charge in [-0.25, -0.2) is 4.79 Å². The Bertz CT molecular complexity index is 1460. The molecule has 11 heteroatoms. The quantitative estimate of drug-likeness (QED) is 0.146. The highest BCUT2D eigenvalue weighted by molar-refractivity contribution is 9.10. The topological polar surface area (TPSA) is 97.7 Å². The van der Waals surface area contributed by atoms with Crippen molar-refractivity contribution in [2.75, 3.05) is 19.0 Å². The maximum atomic E-state index is 13.0. The SMILES string of the molecule is CCOC(=O)c1c(NC(=O)/C(C#N)=C/c2cc(Br)c(OCc3ccc(Cl)cc3Cl)c(OC)c2)sc(C)c1C. The van der Waals surface area contributed by atoms with Crippen LogP contribution in [0.2, 0.25) is 10.0 Å². The Labute approximate surface area is 243 Å². The summed E-state index contributed by atoms with van der Waals surface area (Å²) in [6, 6.07) is 10.4. The van der Waals surface area contributed by atoms with Crippen molar-refractivity contribution in [1.82, 2.24) is 0 Å². The van der Waals surface area contributed by atoms with Crippen molar-refractivity contribution in [3.63, 3.8) is 0 Å². The van der Waals surface area contributed by atoms with Crippen LogP contribution in [-0.4, -0.2) is 25.6 Å². The lowest BCUT2D eigenvalue weighted by molar-refractivity contribution is -0.112. The van der Waals surface area contributed by atoms with Gasteiger partial charge in [-0.1, -0.05) is 29.3 Å². The molecule has 0 radical (unpaired) electrons. The van der Waals surface area contributed by atoms with Crippen molar-refractivity contribution in [3.05, 3.63) is 77.6 Å². The number of nitrogens with one attached hydrogen (secondary N) is 1. The Kier molecular flexibility index (Phi) is 10.2. The molecule has 0 unspecified atom stereocenters. The Morgan fingerprint density at radius 1 is 1.21 bits per heavy atom. The van der Waals surface area contributed by atoms with Gasteiger partial charge in [0.2, 0.25) is 0 Å². The smallest absolute Gasteiger partial charge is 0.341 e. The number of hydrogen-bond acceptors (Lipinski definition) is 7. The summed E-state index contributed by atoms with van der Waals surface area (Å²) in [5.74, 6) is -0.395. The molecule has 0 saturated carbocycles. The number of hydrogen-bond donors (Lipinski definition) is 1. The highest BCUT2D eigenvalue weighted by atomic mass is 79.9. The first-order valence-electron chi connectivity index (χ1n) is 11.2. The molecule has 2 aromatic carbocycles. The van der Waals surface area contributed by atoms with Crippen molar-refractivity contribution in [3.8, 4) is 17.6 Å². The standard InChI is InChI=1S/C27H23BrCl2N2O5S/c1-5-36-27(34)23-14(2)15(3)38-26(23)32-25(33)18(12-31)8-16-9-20(28)24(22(10-16)35-4)37-13-17-6-7-19(29)11-21(17)30/h6-11H,5,13H2,1-4H3,(H,32,33)/b18-8+. The molecule has 0 fully saturated rings. The van der Waals surface area contributed by atoms with Crippen LogP contribution in [0.15, 0.2) is 40.4 Å². The zero-order valence-electron chi connectivity index (χ0n) is 20.9. The predicted molar refractivity (Wildman–Crippen MR) is 153 cm³/mol. The molecule has 198 valence electrons. The summed E-state index contributed by atoms with van der Waals surface area (Å²) in [6.07, 6.45) is 1.42. The number of ether oxygens (including phenoxy) is 3. The van der Waals surface area contributed by atoms with E-state index in [1.54, 1.807) is 44.2 Å². The summed E-state index contributed by atoms with van der Waals surface area (Å²) < 4.78 is 17.1. The van der Waals surface area contributed by atoms with Crippen LogP contribution in [0.4, 0.5) is 5.00 Å². The van der Waals surface area contributed by atoms with E-state index in [1.807, 2.05) is 13.0 Å². The Balaban J connectivity index is 1.86. The van der Waals surface area contributed by atoms with Gasteiger partial charge in [-0.2, -0.15) is 5.26 Å². The number of halogens is 3. The predicted octanol–water partition coefficient (Wildman–Crippen LogP) is 7.74. The van der Waals surface area contributed by atoms with Gasteiger partial charge in [0, 0.05) is 20.5 Å². The molecule has 0 atom stereocenters. The first-order valence-corrected chi connectivity index (χ1v) is 13.6. The van der Waals surface area contributed by atoms with E-state index in [4.69, 9.17) is 37.4 Å². The van der Waals surface area contributed by atoms with E-state index in [2.05, 4.69) is 21.2 Å². The number of benzene rings is 2. The molecule has 0 saturated heterocycles. The number of thiophene rings is 1. The molecule has 1 aromatic heterocycles. The van der Waals surface area contributed by atoms with Gasteiger partial charge in [-0.3, -0.25) is 4.79 Å². The summed E-state index contributed by atoms with van der Waals surface area (Å²) in [7, 11) is 1.48. The number of carbonyl (C=O) groups is 2. The Morgan fingerprint density at radius 2 is 1.95 bits per heavy atom. The third-order valence-electron chi connectivity index (χ3n) is 5.41. The highest BCUT2D eigenvalue weighted by Crippen LogP contribution is 2.38. The van der Waals surface area contributed by atoms with Gasteiger partial charge in [0.1, 0.15) is 23.3 Å². The molecule has 0 bridgehead atoms. The van der Waals surface area contributed by atoms with E-state index >= 15 is 0 Å². The summed E-state index contributed by atoms with van der Waals surface area (Å²) in [5.41, 5.74) is 2.08. The third kappa shape index (κ3) is 6.88. The van der Waals surface area contributed by atoms with Crippen LogP contribution in [0, 0.1) is 25.2 Å². The summed E-state index contributed by atoms with van der Waals surface area (Å²) >= 11 is 16.9. The maximum Gasteiger partial charge on any atom is 0.341 e. The number of nitrogens with zero attached hydrogens (tertiary/aromatic N) is 1. The third-order valence-corrected chi connectivity index (χ3v) is 7.71. The van der Waals surface area contributed by atoms with Gasteiger partial charge >= 0.3 is 5.97 Å². The summed E-state index contributed by atoms with van der Waals surface area (Å²) in [4.78, 5) is 26.3. The number of carbonyl (C=O) groups excluding carboxylic acids is 2. The lowest BCUT2D eigenvalue weighted by Gasteiger charge is -2.14. The molecular formula is C27H23BrCl2N2O5S. The number of nitriles is 1. The van der Waals surface area contributed by atoms with Crippen molar-refractivity contribution in [2.24, 2.45) is 0 Å². The monoisotopic (exact) mass is 636 g/mol. The van der Waals surface area contributed by atoms with Gasteiger partial charge in [0.25, 0.3) is 5.91 Å². The van der Waals surface area contributed by atoms with Crippen LogP contribution in [-0.2, 0) is 16.1 Å². The number of aryl methyl sites for hydroxylation is 1. The van der Waals surface area contributed by atoms with Crippen LogP contribution < -0.4 is 14.8 Å². The number of rotatable bonds is 9. The number of amides is 1. The van der Waals surface area contributed by atoms with Gasteiger partial charge in [-0.15, -0.1) is 11.3 Å². The van der Waals surface area contributed by atoms with Gasteiger partial charge in [0.05, 0.1) is 23.8 Å². The van der Waals surface area contributed by atoms with E-state index in [1.165, 1.54) is 24.5 Å². The van der Waals surface area contributed by atoms with Crippen molar-refractivity contribution in [1.29, 1.82) is 5.26 Å². The van der Waals surface area contributed by atoms with Crippen LogP contribution in [0.5, 0.6) is 11.5 Å². The van der Waals surface area contributed by atoms with E-state index in [0.717, 1.165) is 16.0 Å². The molecule has 1 N–H and O–H groups in total. The van der Waals surface area contributed by atoms with Crippen molar-refractivity contribution < 1.29 is 23.8 Å². The zero-order valence-corrected chi connectivity index (χ0v) is 24.8. The fourth-order valence-corrected chi connectivity index (χ4v) is 5.48. The Morgan fingerprint density at radius 3 is 2.58 bits per heavy atom. The van der Waals surface area contributed by atoms with Gasteiger partial charge in [-0.05, 0) is 78.2 Å². The second-order valence-corrected chi connectivity index (χ2v) is 10.8. The van der Waals surface area contributed by atoms with E-state index in [-0.39, 0.29) is 24.4 Å². The van der Waals surface area contributed by atoms with E-state index < -0.39 is 11.9 Å². The van der Waals surface area contributed by atoms with Crippen LogP contribution in [0.3, 0.4) is 0 Å². The zero-order chi connectivity index (χ0) is 28.0. The first kappa shape index (κ1) is 29.5. The molecule has 1 amide bonds. The molecule has 3 rings (SSSR count). The molecule has 0 aliphatic heterocycles. The maximum absolute atomic E-state index is 13.0. The molecule has 38 heavy (non-hydrogen) atoms. The average Bonchev–Trinajstić information content (AvgIpc) is 3.14. The van der Waals surface area contributed by atoms with E-state index in [9.17, 15) is 14.9 Å². The van der Waals surface area contributed by atoms with Gasteiger partial charge < -0.3 is 19.5 Å². The van der Waals surface area contributed by atoms with Crippen molar-refractivity contribution in [2.45, 2.75) is 27.4 Å². The molecular weight excluding hydrogens is 615 g/mol. The van der Waals surface area contributed by atoms with Crippen LogP contribution in [0.25, 0.3) is 6.08 Å². The fraction of sp³-hybridized carbons (Fsp3) is 0.222. The number of anilines is 1. The van der Waals surface area contributed by atoms with Gasteiger partial charge in [0.15, 0.2) is 11.5 Å². The lowest BCUT2D eigenvalue weighted by Crippen LogP contribution is -2.16. The molecule has 0 aliphatic rings. The minimum Gasteiger partial charge on any atom is -0.493 e. The van der Waals surface area contributed by atoms with Crippen LogP contribution in [0.1, 0.15) is 38.8 Å². The summed E-state index contributed by atoms with van der Waals surface area (Å²) in [6.45, 7) is 5.69. The molecule has 3 aromatic rings. The average molecular weight is 638 g/mol. The highest BCUT2D eigenvalue weighted by Gasteiger charge is 2.23. The molecule has 0 spiro atoms. The van der Waals surface area contributed by atoms with Crippen molar-refractivity contribution >= 4 is 73.4 Å². The molecule has 7 nitrogen and oxygen atoms in total. The van der Waals surface area contributed by atoms with E-state index in [0.29, 0.717) is 36.6 Å². The fourth-order valence-electron chi connectivity index (χ4n) is 3.40. The molecule has 1 heterocycles. The second-order valence-electron chi connectivity index (χ2n) is 7.89. The Hall–Kier alpha value is -3.03. The summed E-state index contributed by atoms with van der Waals surface area (Å²) in [5, 5.41) is 13.7. The molecule has 0 aliphatic carbocycles.